The Morgan fingerprint density at radius 1 is 1.30 bits per heavy atom. The molecule has 3 rings (SSSR count). The van der Waals surface area contributed by atoms with E-state index in [1.165, 1.54) is 12.3 Å². The van der Waals surface area contributed by atoms with Crippen LogP contribution in [0.15, 0.2) is 53.3 Å². The maximum absolute atomic E-state index is 10.7. The number of furan rings is 1. The van der Waals surface area contributed by atoms with Gasteiger partial charge >= 0.3 is 5.97 Å². The van der Waals surface area contributed by atoms with Crippen molar-refractivity contribution in [3.05, 3.63) is 60.2 Å². The van der Waals surface area contributed by atoms with Gasteiger partial charge in [0.05, 0.1) is 17.6 Å². The molecule has 2 aromatic heterocycles. The molecule has 0 atom stereocenters. The summed E-state index contributed by atoms with van der Waals surface area (Å²) in [7, 11) is 0. The van der Waals surface area contributed by atoms with Crippen molar-refractivity contribution in [2.45, 2.75) is 6.54 Å². The lowest BCUT2D eigenvalue weighted by atomic mass is 10.2. The fourth-order valence-electron chi connectivity index (χ4n) is 1.96. The SMILES string of the molecule is O=C(O)c1coc(CNc2ccc3ncccc3c2)c1. The monoisotopic (exact) mass is 268 g/mol. The molecule has 5 heteroatoms. The van der Waals surface area contributed by atoms with Crippen LogP contribution in [0.1, 0.15) is 16.1 Å². The highest BCUT2D eigenvalue weighted by molar-refractivity contribution is 5.87. The lowest BCUT2D eigenvalue weighted by Gasteiger charge is -2.05. The molecule has 0 fully saturated rings. The summed E-state index contributed by atoms with van der Waals surface area (Å²) in [5, 5.41) is 13.0. The van der Waals surface area contributed by atoms with Crippen LogP contribution in [0, 0.1) is 0 Å². The van der Waals surface area contributed by atoms with Crippen molar-refractivity contribution >= 4 is 22.6 Å². The molecule has 20 heavy (non-hydrogen) atoms. The van der Waals surface area contributed by atoms with Gasteiger partial charge in [-0.3, -0.25) is 4.98 Å². The van der Waals surface area contributed by atoms with Crippen LogP contribution in [-0.4, -0.2) is 16.1 Å². The van der Waals surface area contributed by atoms with E-state index in [1.807, 2.05) is 30.3 Å². The topological polar surface area (TPSA) is 75.4 Å². The van der Waals surface area contributed by atoms with Crippen LogP contribution in [0.25, 0.3) is 10.9 Å². The third-order valence-electron chi connectivity index (χ3n) is 2.97. The van der Waals surface area contributed by atoms with E-state index in [0.29, 0.717) is 12.3 Å². The van der Waals surface area contributed by atoms with Crippen molar-refractivity contribution in [2.24, 2.45) is 0 Å². The highest BCUT2D eigenvalue weighted by atomic mass is 16.4. The molecule has 0 aliphatic heterocycles. The van der Waals surface area contributed by atoms with Gasteiger partial charge in [0.1, 0.15) is 12.0 Å². The van der Waals surface area contributed by atoms with E-state index in [1.54, 1.807) is 6.20 Å². The van der Waals surface area contributed by atoms with Crippen molar-refractivity contribution in [2.75, 3.05) is 5.32 Å². The quantitative estimate of drug-likeness (QED) is 0.760. The number of rotatable bonds is 4. The maximum atomic E-state index is 10.7. The zero-order chi connectivity index (χ0) is 13.9. The van der Waals surface area contributed by atoms with Crippen molar-refractivity contribution in [3.8, 4) is 0 Å². The third-order valence-corrected chi connectivity index (χ3v) is 2.97. The molecule has 0 spiro atoms. The summed E-state index contributed by atoms with van der Waals surface area (Å²) in [4.78, 5) is 15.0. The van der Waals surface area contributed by atoms with Gasteiger partial charge < -0.3 is 14.8 Å². The van der Waals surface area contributed by atoms with Crippen molar-refractivity contribution in [1.29, 1.82) is 0 Å². The summed E-state index contributed by atoms with van der Waals surface area (Å²) < 4.78 is 5.18. The van der Waals surface area contributed by atoms with E-state index in [9.17, 15) is 4.79 Å². The zero-order valence-corrected chi connectivity index (χ0v) is 10.5. The molecule has 0 saturated carbocycles. The Balaban J connectivity index is 1.74. The van der Waals surface area contributed by atoms with Gasteiger partial charge in [-0.25, -0.2) is 4.79 Å². The molecule has 0 bridgehead atoms. The first-order valence-electron chi connectivity index (χ1n) is 6.12. The highest BCUT2D eigenvalue weighted by Gasteiger charge is 2.07. The number of nitrogens with one attached hydrogen (secondary N) is 1. The van der Waals surface area contributed by atoms with Crippen LogP contribution in [0.5, 0.6) is 0 Å². The van der Waals surface area contributed by atoms with E-state index in [4.69, 9.17) is 9.52 Å². The number of aromatic carboxylic acids is 1. The number of hydrogen-bond donors (Lipinski definition) is 2. The van der Waals surface area contributed by atoms with Gasteiger partial charge in [-0.2, -0.15) is 0 Å². The molecule has 1 aromatic carbocycles. The van der Waals surface area contributed by atoms with Crippen molar-refractivity contribution in [1.82, 2.24) is 4.98 Å². The molecule has 0 radical (unpaired) electrons. The number of benzene rings is 1. The van der Waals surface area contributed by atoms with Crippen LogP contribution in [0.2, 0.25) is 0 Å². The molecular formula is C15H12N2O3. The van der Waals surface area contributed by atoms with E-state index in [-0.39, 0.29) is 5.56 Å². The van der Waals surface area contributed by atoms with Crippen LogP contribution < -0.4 is 5.32 Å². The molecule has 0 amide bonds. The Hall–Kier alpha value is -2.82. The molecular weight excluding hydrogens is 256 g/mol. The summed E-state index contributed by atoms with van der Waals surface area (Å²) in [6.07, 6.45) is 3.00. The van der Waals surface area contributed by atoms with Gasteiger partial charge in [0, 0.05) is 17.3 Å². The third kappa shape index (κ3) is 2.47. The average Bonchev–Trinajstić information content (AvgIpc) is 2.94. The van der Waals surface area contributed by atoms with E-state index in [0.717, 1.165) is 16.6 Å². The number of fused-ring (bicyclic) bond motifs is 1. The first-order valence-corrected chi connectivity index (χ1v) is 6.12. The van der Waals surface area contributed by atoms with Gasteiger partial charge in [-0.1, -0.05) is 6.07 Å². The molecule has 100 valence electrons. The number of aromatic nitrogens is 1. The minimum absolute atomic E-state index is 0.157. The number of carboxylic acids is 1. The predicted octanol–water partition coefficient (Wildman–Crippen LogP) is 3.14. The molecule has 5 nitrogen and oxygen atoms in total. The Kier molecular flexibility index (Phi) is 3.09. The van der Waals surface area contributed by atoms with Gasteiger partial charge in [0.25, 0.3) is 0 Å². The minimum atomic E-state index is -0.989. The molecule has 3 aromatic rings. The average molecular weight is 268 g/mol. The number of pyridine rings is 1. The normalized spacial score (nSPS) is 10.6. The maximum Gasteiger partial charge on any atom is 0.338 e. The van der Waals surface area contributed by atoms with E-state index >= 15 is 0 Å². The second-order valence-electron chi connectivity index (χ2n) is 4.37. The largest absolute Gasteiger partial charge is 0.478 e. The van der Waals surface area contributed by atoms with Crippen LogP contribution in [-0.2, 0) is 6.54 Å². The molecule has 0 unspecified atom stereocenters. The fourth-order valence-corrected chi connectivity index (χ4v) is 1.96. The Morgan fingerprint density at radius 2 is 2.20 bits per heavy atom. The Morgan fingerprint density at radius 3 is 3.00 bits per heavy atom. The number of carboxylic acid groups (broad SMARTS) is 1. The number of nitrogens with zero attached hydrogens (tertiary/aromatic N) is 1. The molecule has 0 saturated heterocycles. The van der Waals surface area contributed by atoms with E-state index < -0.39 is 5.97 Å². The first-order chi connectivity index (χ1) is 9.72. The summed E-state index contributed by atoms with van der Waals surface area (Å²) in [6.45, 7) is 0.430. The fraction of sp³-hybridized carbons (Fsp3) is 0.0667. The second kappa shape index (κ2) is 5.05. The van der Waals surface area contributed by atoms with Crippen LogP contribution in [0.3, 0.4) is 0 Å². The summed E-state index contributed by atoms with van der Waals surface area (Å²) in [5.41, 5.74) is 2.02. The molecule has 2 heterocycles. The Labute approximate surface area is 114 Å². The zero-order valence-electron chi connectivity index (χ0n) is 10.5. The number of hydrogen-bond acceptors (Lipinski definition) is 4. The summed E-state index contributed by atoms with van der Waals surface area (Å²) in [5.74, 6) is -0.412. The Bertz CT molecular complexity index is 764. The molecule has 0 aliphatic carbocycles. The second-order valence-corrected chi connectivity index (χ2v) is 4.37. The lowest BCUT2D eigenvalue weighted by Crippen LogP contribution is -1.98. The van der Waals surface area contributed by atoms with Crippen LogP contribution >= 0.6 is 0 Å². The summed E-state index contributed by atoms with van der Waals surface area (Å²) in [6, 6.07) is 11.2. The van der Waals surface area contributed by atoms with Crippen molar-refractivity contribution in [3.63, 3.8) is 0 Å². The van der Waals surface area contributed by atoms with Gasteiger partial charge in [0.2, 0.25) is 0 Å². The van der Waals surface area contributed by atoms with Gasteiger partial charge in [-0.15, -0.1) is 0 Å². The van der Waals surface area contributed by atoms with Gasteiger partial charge in [0.15, 0.2) is 0 Å². The number of carbonyl (C=O) groups is 1. The molecule has 0 aliphatic rings. The van der Waals surface area contributed by atoms with Gasteiger partial charge in [-0.05, 0) is 30.3 Å². The van der Waals surface area contributed by atoms with Crippen molar-refractivity contribution < 1.29 is 14.3 Å². The first kappa shape index (κ1) is 12.2. The predicted molar refractivity (Wildman–Crippen MR) is 74.7 cm³/mol. The van der Waals surface area contributed by atoms with Crippen LogP contribution in [0.4, 0.5) is 5.69 Å². The standard InChI is InChI=1S/C15H12N2O3/c18-15(19)11-7-13(20-9-11)8-17-12-3-4-14-10(6-12)2-1-5-16-14/h1-7,9,17H,8H2,(H,18,19). The lowest BCUT2D eigenvalue weighted by molar-refractivity contribution is 0.0696. The van der Waals surface area contributed by atoms with E-state index in [2.05, 4.69) is 10.3 Å². The molecule has 2 N–H and O–H groups in total. The summed E-state index contributed by atoms with van der Waals surface area (Å²) >= 11 is 0. The minimum Gasteiger partial charge on any atom is -0.478 e. The smallest absolute Gasteiger partial charge is 0.338 e. The highest BCUT2D eigenvalue weighted by Crippen LogP contribution is 2.18. The number of anilines is 1.